The van der Waals surface area contributed by atoms with Crippen LogP contribution in [0.5, 0.6) is 0 Å². The zero-order valence-electron chi connectivity index (χ0n) is 16.3. The number of ether oxygens (including phenoxy) is 1. The van der Waals surface area contributed by atoms with E-state index in [1.165, 1.54) is 39.7 Å². The smallest absolute Gasteiger partial charge is 0.338 e. The van der Waals surface area contributed by atoms with Crippen LogP contribution in [-0.2, 0) is 21.3 Å². The van der Waals surface area contributed by atoms with Crippen LogP contribution in [0.2, 0.25) is 0 Å². The Bertz CT molecular complexity index is 918. The molecule has 0 radical (unpaired) electrons. The second-order valence-electron chi connectivity index (χ2n) is 6.85. The van der Waals surface area contributed by atoms with E-state index in [1.807, 2.05) is 12.1 Å². The van der Waals surface area contributed by atoms with E-state index in [0.29, 0.717) is 31.7 Å². The van der Waals surface area contributed by atoms with Crippen molar-refractivity contribution in [1.29, 1.82) is 0 Å². The summed E-state index contributed by atoms with van der Waals surface area (Å²) in [6.07, 6.45) is 0. The minimum absolute atomic E-state index is 0.202. The van der Waals surface area contributed by atoms with Crippen LogP contribution in [0.4, 0.5) is 0 Å². The van der Waals surface area contributed by atoms with Crippen LogP contribution in [-0.4, -0.2) is 56.4 Å². The van der Waals surface area contributed by atoms with Crippen LogP contribution in [0.15, 0.2) is 53.4 Å². The van der Waals surface area contributed by atoms with E-state index >= 15 is 0 Å². The molecule has 1 aliphatic rings. The van der Waals surface area contributed by atoms with E-state index in [1.54, 1.807) is 6.92 Å². The number of sulfonamides is 1. The van der Waals surface area contributed by atoms with Gasteiger partial charge in [-0.3, -0.25) is 4.90 Å². The summed E-state index contributed by atoms with van der Waals surface area (Å²) >= 11 is 0. The Kier molecular flexibility index (Phi) is 6.49. The Labute approximate surface area is 166 Å². The molecule has 150 valence electrons. The quantitative estimate of drug-likeness (QED) is 0.695. The Morgan fingerprint density at radius 2 is 1.64 bits per heavy atom. The van der Waals surface area contributed by atoms with Gasteiger partial charge in [0.2, 0.25) is 10.0 Å². The number of hydrogen-bond acceptors (Lipinski definition) is 5. The molecular formula is C21H26N2O4S. The summed E-state index contributed by atoms with van der Waals surface area (Å²) in [5, 5.41) is 0. The van der Waals surface area contributed by atoms with Crippen molar-refractivity contribution in [3.8, 4) is 0 Å². The second-order valence-corrected chi connectivity index (χ2v) is 8.79. The number of carbonyl (C=O) groups excluding carboxylic acids is 1. The predicted molar refractivity (Wildman–Crippen MR) is 108 cm³/mol. The van der Waals surface area contributed by atoms with Gasteiger partial charge in [0.05, 0.1) is 17.1 Å². The van der Waals surface area contributed by atoms with E-state index in [9.17, 15) is 13.2 Å². The molecule has 1 saturated heterocycles. The Hall–Kier alpha value is -2.22. The van der Waals surface area contributed by atoms with Crippen molar-refractivity contribution in [3.63, 3.8) is 0 Å². The Balaban J connectivity index is 1.63. The number of hydrogen-bond donors (Lipinski definition) is 0. The molecule has 2 aromatic rings. The summed E-state index contributed by atoms with van der Waals surface area (Å²) in [6.45, 7) is 7.22. The molecular weight excluding hydrogens is 376 g/mol. The third-order valence-electron chi connectivity index (χ3n) is 4.99. The van der Waals surface area contributed by atoms with Crippen LogP contribution in [0.3, 0.4) is 0 Å². The molecule has 1 heterocycles. The lowest BCUT2D eigenvalue weighted by molar-refractivity contribution is 0.0526. The lowest BCUT2D eigenvalue weighted by Gasteiger charge is -2.34. The molecule has 3 rings (SSSR count). The molecule has 0 aromatic heterocycles. The molecule has 0 amide bonds. The van der Waals surface area contributed by atoms with Crippen molar-refractivity contribution in [3.05, 3.63) is 65.2 Å². The number of rotatable bonds is 6. The van der Waals surface area contributed by atoms with Gasteiger partial charge in [0.25, 0.3) is 0 Å². The van der Waals surface area contributed by atoms with Gasteiger partial charge in [0, 0.05) is 32.7 Å². The topological polar surface area (TPSA) is 66.9 Å². The van der Waals surface area contributed by atoms with Gasteiger partial charge in [0.1, 0.15) is 0 Å². The molecule has 0 N–H and O–H groups in total. The van der Waals surface area contributed by atoms with E-state index in [2.05, 4.69) is 24.0 Å². The van der Waals surface area contributed by atoms with Gasteiger partial charge in [-0.25, -0.2) is 13.2 Å². The summed E-state index contributed by atoms with van der Waals surface area (Å²) in [5.41, 5.74) is 2.87. The normalized spacial score (nSPS) is 16.1. The van der Waals surface area contributed by atoms with Crippen molar-refractivity contribution in [1.82, 2.24) is 9.21 Å². The molecule has 0 unspecified atom stereocenters. The van der Waals surface area contributed by atoms with Crippen molar-refractivity contribution in [2.24, 2.45) is 0 Å². The minimum Gasteiger partial charge on any atom is -0.462 e. The monoisotopic (exact) mass is 402 g/mol. The maximum Gasteiger partial charge on any atom is 0.338 e. The van der Waals surface area contributed by atoms with E-state index in [4.69, 9.17) is 4.74 Å². The molecule has 28 heavy (non-hydrogen) atoms. The average molecular weight is 403 g/mol. The average Bonchev–Trinajstić information content (AvgIpc) is 2.70. The lowest BCUT2D eigenvalue weighted by Crippen LogP contribution is -2.48. The third-order valence-corrected chi connectivity index (χ3v) is 6.90. The van der Waals surface area contributed by atoms with Gasteiger partial charge < -0.3 is 4.74 Å². The van der Waals surface area contributed by atoms with Gasteiger partial charge in [-0.05, 0) is 49.2 Å². The zero-order valence-corrected chi connectivity index (χ0v) is 17.1. The van der Waals surface area contributed by atoms with Crippen LogP contribution in [0, 0.1) is 6.92 Å². The molecule has 0 atom stereocenters. The van der Waals surface area contributed by atoms with Crippen molar-refractivity contribution < 1.29 is 17.9 Å². The fourth-order valence-electron chi connectivity index (χ4n) is 3.28. The number of piperazine rings is 1. The van der Waals surface area contributed by atoms with Crippen molar-refractivity contribution >= 4 is 16.0 Å². The minimum atomic E-state index is -3.57. The maximum absolute atomic E-state index is 12.9. The molecule has 6 nitrogen and oxygen atoms in total. The first-order valence-corrected chi connectivity index (χ1v) is 10.9. The van der Waals surface area contributed by atoms with Crippen LogP contribution in [0.1, 0.15) is 28.4 Å². The summed E-state index contributed by atoms with van der Waals surface area (Å²) < 4.78 is 32.3. The van der Waals surface area contributed by atoms with Crippen LogP contribution in [0.25, 0.3) is 0 Å². The maximum atomic E-state index is 12.9. The third kappa shape index (κ3) is 4.60. The largest absolute Gasteiger partial charge is 0.462 e. The second kappa shape index (κ2) is 8.86. The highest BCUT2D eigenvalue weighted by Gasteiger charge is 2.28. The highest BCUT2D eigenvalue weighted by molar-refractivity contribution is 7.89. The molecule has 0 bridgehead atoms. The molecule has 0 spiro atoms. The molecule has 0 aliphatic carbocycles. The molecule has 7 heteroatoms. The first kappa shape index (κ1) is 20.5. The first-order valence-electron chi connectivity index (χ1n) is 9.46. The lowest BCUT2D eigenvalue weighted by atomic mass is 10.1. The number of benzene rings is 2. The van der Waals surface area contributed by atoms with E-state index in [0.717, 1.165) is 6.54 Å². The van der Waals surface area contributed by atoms with Crippen LogP contribution >= 0.6 is 0 Å². The summed E-state index contributed by atoms with van der Waals surface area (Å²) in [4.78, 5) is 14.2. The van der Waals surface area contributed by atoms with E-state index in [-0.39, 0.29) is 11.5 Å². The highest BCUT2D eigenvalue weighted by Crippen LogP contribution is 2.20. The molecule has 2 aromatic carbocycles. The molecule has 0 saturated carbocycles. The first-order chi connectivity index (χ1) is 13.4. The number of aryl methyl sites for hydroxylation is 1. The van der Waals surface area contributed by atoms with Gasteiger partial charge in [-0.2, -0.15) is 4.31 Å². The fraction of sp³-hybridized carbons (Fsp3) is 0.381. The fourth-order valence-corrected chi connectivity index (χ4v) is 4.71. The number of carbonyl (C=O) groups is 1. The number of esters is 1. The standard InChI is InChI=1S/C21H26N2O4S/c1-3-27-21(24)18-8-10-20(11-9-18)28(25,26)23-14-12-22(13-15-23)16-19-7-5-4-6-17(19)2/h4-11H,3,12-16H2,1-2H3. The predicted octanol–water partition coefficient (Wildman–Crippen LogP) is 2.68. The highest BCUT2D eigenvalue weighted by atomic mass is 32.2. The molecule has 1 fully saturated rings. The summed E-state index contributed by atoms with van der Waals surface area (Å²) in [5.74, 6) is -0.448. The van der Waals surface area contributed by atoms with Gasteiger partial charge >= 0.3 is 5.97 Å². The van der Waals surface area contributed by atoms with Crippen molar-refractivity contribution in [2.45, 2.75) is 25.3 Å². The summed E-state index contributed by atoms with van der Waals surface area (Å²) in [6, 6.07) is 14.2. The van der Waals surface area contributed by atoms with E-state index < -0.39 is 16.0 Å². The SMILES string of the molecule is CCOC(=O)c1ccc(S(=O)(=O)N2CCN(Cc3ccccc3C)CC2)cc1. The number of nitrogens with zero attached hydrogens (tertiary/aromatic N) is 2. The van der Waals surface area contributed by atoms with Crippen LogP contribution < -0.4 is 0 Å². The van der Waals surface area contributed by atoms with Gasteiger partial charge in [-0.1, -0.05) is 24.3 Å². The zero-order chi connectivity index (χ0) is 20.1. The Morgan fingerprint density at radius 3 is 2.25 bits per heavy atom. The van der Waals surface area contributed by atoms with Gasteiger partial charge in [-0.15, -0.1) is 0 Å². The Morgan fingerprint density at radius 1 is 1.00 bits per heavy atom. The molecule has 1 aliphatic heterocycles. The summed E-state index contributed by atoms with van der Waals surface area (Å²) in [7, 11) is -3.57. The van der Waals surface area contributed by atoms with Gasteiger partial charge in [0.15, 0.2) is 0 Å². The van der Waals surface area contributed by atoms with Crippen molar-refractivity contribution in [2.75, 3.05) is 32.8 Å².